The van der Waals surface area contributed by atoms with E-state index in [4.69, 9.17) is 9.72 Å². The summed E-state index contributed by atoms with van der Waals surface area (Å²) in [5.41, 5.74) is 1.50. The number of aromatic nitrogens is 1. The molecule has 3 heterocycles. The zero-order valence-corrected chi connectivity index (χ0v) is 22.2. The van der Waals surface area contributed by atoms with Gasteiger partial charge in [0.15, 0.2) is 0 Å². The van der Waals surface area contributed by atoms with E-state index in [1.165, 1.54) is 18.9 Å². The molecule has 8 heteroatoms. The van der Waals surface area contributed by atoms with Gasteiger partial charge in [0.1, 0.15) is 16.7 Å². The fourth-order valence-electron chi connectivity index (χ4n) is 5.64. The molecule has 1 aliphatic carbocycles. The Balaban J connectivity index is 1.25. The molecule has 0 N–H and O–H groups in total. The van der Waals surface area contributed by atoms with Crippen molar-refractivity contribution in [2.75, 3.05) is 13.1 Å². The van der Waals surface area contributed by atoms with E-state index in [1.807, 2.05) is 19.2 Å². The van der Waals surface area contributed by atoms with Gasteiger partial charge in [-0.05, 0) is 88.2 Å². The molecule has 3 aliphatic rings. The summed E-state index contributed by atoms with van der Waals surface area (Å²) in [6.45, 7) is 7.69. The average Bonchev–Trinajstić information content (AvgIpc) is 3.67. The monoisotopic (exact) mass is 513 g/mol. The minimum absolute atomic E-state index is 0.137. The van der Waals surface area contributed by atoms with E-state index in [0.29, 0.717) is 11.5 Å². The number of nitrogens with zero attached hydrogens (tertiary/aromatic N) is 3. The topological polar surface area (TPSA) is 71.9 Å². The fourth-order valence-corrected chi connectivity index (χ4v) is 7.33. The number of benzene rings is 1. The molecule has 0 spiro atoms. The summed E-state index contributed by atoms with van der Waals surface area (Å²) in [5.74, 6) is 0.0278. The number of halogens is 1. The second kappa shape index (κ2) is 9.86. The van der Waals surface area contributed by atoms with E-state index in [2.05, 4.69) is 15.4 Å². The van der Waals surface area contributed by atoms with Gasteiger partial charge >= 0.3 is 0 Å². The van der Waals surface area contributed by atoms with Crippen LogP contribution >= 0.6 is 0 Å². The smallest absolute Gasteiger partial charge is 0.263 e. The number of ether oxygens (including phenoxy) is 1. The van der Waals surface area contributed by atoms with Crippen LogP contribution in [0.25, 0.3) is 0 Å². The van der Waals surface area contributed by atoms with Crippen molar-refractivity contribution in [3.8, 4) is 0 Å². The molecule has 0 radical (unpaired) electrons. The Morgan fingerprint density at radius 2 is 1.83 bits per heavy atom. The summed E-state index contributed by atoms with van der Waals surface area (Å²) < 4.78 is 50.8. The summed E-state index contributed by atoms with van der Waals surface area (Å²) in [5, 5.41) is -0.827. The molecular weight excluding hydrogens is 477 g/mol. The first-order chi connectivity index (χ1) is 17.1. The average molecular weight is 514 g/mol. The van der Waals surface area contributed by atoms with Gasteiger partial charge in [0.2, 0.25) is 5.90 Å². The Morgan fingerprint density at radius 1 is 1.11 bits per heavy atom. The Bertz CT molecular complexity index is 1220. The summed E-state index contributed by atoms with van der Waals surface area (Å²) >= 11 is 0. The molecule has 2 fully saturated rings. The van der Waals surface area contributed by atoms with Crippen LogP contribution in [0.1, 0.15) is 81.5 Å². The van der Waals surface area contributed by atoms with E-state index in [0.717, 1.165) is 43.2 Å². The van der Waals surface area contributed by atoms with Crippen LogP contribution in [0.2, 0.25) is 0 Å². The highest BCUT2D eigenvalue weighted by Gasteiger charge is 2.46. The first-order valence-electron chi connectivity index (χ1n) is 13.1. The quantitative estimate of drug-likeness (QED) is 0.509. The lowest BCUT2D eigenvalue weighted by molar-refractivity contribution is 0.0803. The zero-order chi connectivity index (χ0) is 25.5. The minimum atomic E-state index is -3.82. The lowest BCUT2D eigenvalue weighted by Gasteiger charge is -2.37. The highest BCUT2D eigenvalue weighted by atomic mass is 32.2. The van der Waals surface area contributed by atoms with Crippen LogP contribution in [0.15, 0.2) is 47.0 Å². The molecule has 5 rings (SSSR count). The largest absolute Gasteiger partial charge is 0.473 e. The molecule has 36 heavy (non-hydrogen) atoms. The second-order valence-corrected chi connectivity index (χ2v) is 12.9. The van der Waals surface area contributed by atoms with Crippen molar-refractivity contribution in [2.45, 2.75) is 88.0 Å². The maximum Gasteiger partial charge on any atom is 0.263 e. The molecule has 1 saturated carbocycles. The van der Waals surface area contributed by atoms with Crippen LogP contribution < -0.4 is 0 Å². The Kier molecular flexibility index (Phi) is 6.94. The zero-order valence-electron chi connectivity index (χ0n) is 21.4. The molecule has 0 bridgehead atoms. The Hall–Kier alpha value is -2.32. The van der Waals surface area contributed by atoms with Crippen molar-refractivity contribution in [2.24, 2.45) is 4.40 Å². The summed E-state index contributed by atoms with van der Waals surface area (Å²) in [7, 11) is -3.82. The summed E-state index contributed by atoms with van der Waals surface area (Å²) in [6, 6.07) is 11.4. The number of rotatable bonds is 7. The van der Waals surface area contributed by atoms with E-state index in [9.17, 15) is 12.8 Å². The van der Waals surface area contributed by atoms with E-state index >= 15 is 0 Å². The van der Waals surface area contributed by atoms with Gasteiger partial charge in [0, 0.05) is 30.3 Å². The molecular formula is C28H36FN3O3S. The normalized spacial score (nSPS) is 25.1. The van der Waals surface area contributed by atoms with Crippen LogP contribution in [0.3, 0.4) is 0 Å². The molecule has 2 atom stereocenters. The van der Waals surface area contributed by atoms with Crippen molar-refractivity contribution in [1.82, 2.24) is 9.88 Å². The number of piperidine rings is 1. The molecule has 1 aromatic carbocycles. The van der Waals surface area contributed by atoms with E-state index < -0.39 is 20.9 Å². The maximum absolute atomic E-state index is 14.2. The van der Waals surface area contributed by atoms with Crippen molar-refractivity contribution >= 4 is 15.9 Å². The van der Waals surface area contributed by atoms with Crippen LogP contribution in [0.5, 0.6) is 0 Å². The van der Waals surface area contributed by atoms with Gasteiger partial charge < -0.3 is 9.64 Å². The molecule has 0 amide bonds. The van der Waals surface area contributed by atoms with Gasteiger partial charge in [0.05, 0.1) is 0 Å². The number of hydrogen-bond donors (Lipinski definition) is 0. The number of likely N-dealkylation sites (tertiary alicyclic amines) is 1. The van der Waals surface area contributed by atoms with Crippen LogP contribution in [0, 0.1) is 5.82 Å². The Morgan fingerprint density at radius 3 is 2.44 bits per heavy atom. The van der Waals surface area contributed by atoms with Crippen molar-refractivity contribution in [3.05, 3.63) is 65.2 Å². The highest BCUT2D eigenvalue weighted by molar-refractivity contribution is 7.91. The molecule has 1 saturated heterocycles. The molecule has 6 nitrogen and oxygen atoms in total. The van der Waals surface area contributed by atoms with Crippen LogP contribution in [-0.2, 0) is 21.2 Å². The van der Waals surface area contributed by atoms with Crippen LogP contribution in [0.4, 0.5) is 4.39 Å². The van der Waals surface area contributed by atoms with Crippen molar-refractivity contribution in [1.29, 1.82) is 0 Å². The summed E-state index contributed by atoms with van der Waals surface area (Å²) in [4.78, 5) is 7.32. The number of pyridine rings is 1. The van der Waals surface area contributed by atoms with Gasteiger partial charge in [-0.25, -0.2) is 12.8 Å². The first-order valence-corrected chi connectivity index (χ1v) is 14.6. The lowest BCUT2D eigenvalue weighted by atomic mass is 9.92. The third-order valence-electron chi connectivity index (χ3n) is 7.94. The summed E-state index contributed by atoms with van der Waals surface area (Å²) in [6.07, 6.45) is 7.25. The van der Waals surface area contributed by atoms with E-state index in [-0.39, 0.29) is 30.5 Å². The van der Waals surface area contributed by atoms with Crippen molar-refractivity contribution in [3.63, 3.8) is 0 Å². The molecule has 2 aromatic rings. The predicted octanol–water partition coefficient (Wildman–Crippen LogP) is 5.20. The second-order valence-electron chi connectivity index (χ2n) is 11.2. The van der Waals surface area contributed by atoms with Gasteiger partial charge in [-0.3, -0.25) is 4.98 Å². The molecule has 2 aliphatic heterocycles. The maximum atomic E-state index is 14.2. The lowest BCUT2D eigenvalue weighted by Crippen LogP contribution is -2.50. The van der Waals surface area contributed by atoms with Gasteiger partial charge in [-0.15, -0.1) is 4.40 Å². The predicted molar refractivity (Wildman–Crippen MR) is 139 cm³/mol. The van der Waals surface area contributed by atoms with Gasteiger partial charge in [-0.1, -0.05) is 31.2 Å². The molecule has 1 aromatic heterocycles. The molecule has 1 unspecified atom stereocenters. The van der Waals surface area contributed by atoms with Crippen LogP contribution in [-0.4, -0.2) is 54.2 Å². The SMILES string of the molecule is C[C@H](CC1=NS(=O)(=O)C(Cc2ccc(C3CCN(C4CC4)CC3)nc2)C(C)(C)O1)c1ccccc1F. The van der Waals surface area contributed by atoms with Gasteiger partial charge in [0.25, 0.3) is 10.0 Å². The standard InChI is InChI=1S/C28H36FN3O3S/c1-19(23-6-4-5-7-24(23)29)16-27-31-36(33,34)26(28(2,3)35-27)17-20-8-11-25(30-18-20)21-12-14-32(15-13-21)22-9-10-22/h4-8,11,18-19,21-22,26H,9-10,12-17H2,1-3H3/t19-,26?/m1/s1. The Labute approximate surface area is 214 Å². The third kappa shape index (κ3) is 5.49. The van der Waals surface area contributed by atoms with E-state index in [1.54, 1.807) is 32.0 Å². The molecule has 194 valence electrons. The minimum Gasteiger partial charge on any atom is -0.473 e. The number of sulfonamides is 1. The van der Waals surface area contributed by atoms with Crippen molar-refractivity contribution < 1.29 is 17.5 Å². The third-order valence-corrected chi connectivity index (χ3v) is 9.85. The van der Waals surface area contributed by atoms with Gasteiger partial charge in [-0.2, -0.15) is 0 Å². The highest BCUT2D eigenvalue weighted by Crippen LogP contribution is 2.36. The fraction of sp³-hybridized carbons (Fsp3) is 0.571. The number of hydrogen-bond acceptors (Lipinski definition) is 5. The first kappa shape index (κ1) is 25.3.